The summed E-state index contributed by atoms with van der Waals surface area (Å²) in [5.41, 5.74) is 1.14. The molecule has 2 aromatic rings. The van der Waals surface area contributed by atoms with E-state index in [1.165, 1.54) is 6.07 Å². The van der Waals surface area contributed by atoms with Crippen molar-refractivity contribution in [2.24, 2.45) is 0 Å². The highest BCUT2D eigenvalue weighted by Crippen LogP contribution is 2.29. The summed E-state index contributed by atoms with van der Waals surface area (Å²) in [4.78, 5) is 13.2. The van der Waals surface area contributed by atoms with Gasteiger partial charge in [-0.05, 0) is 29.8 Å². The fourth-order valence-electron chi connectivity index (χ4n) is 2.67. The number of hydrogen-bond donors (Lipinski definition) is 1. The van der Waals surface area contributed by atoms with Crippen molar-refractivity contribution in [1.82, 2.24) is 4.90 Å². The first-order valence-corrected chi connectivity index (χ1v) is 8.07. The third-order valence-electron chi connectivity index (χ3n) is 3.98. The topological polar surface area (TPSA) is 81.4 Å². The number of methoxy groups -OCH3 is 1. The molecule has 25 heavy (non-hydrogen) atoms. The zero-order valence-electron chi connectivity index (χ0n) is 14.1. The summed E-state index contributed by atoms with van der Waals surface area (Å²) in [5, 5.41) is 8.86. The first-order chi connectivity index (χ1) is 12.2. The van der Waals surface area contributed by atoms with Crippen LogP contribution >= 0.6 is 0 Å². The van der Waals surface area contributed by atoms with Gasteiger partial charge in [0.2, 0.25) is 5.76 Å². The number of morpholine rings is 1. The molecule has 0 bridgehead atoms. The zero-order chi connectivity index (χ0) is 17.6. The van der Waals surface area contributed by atoms with Crippen molar-refractivity contribution in [3.05, 3.63) is 47.4 Å². The van der Waals surface area contributed by atoms with E-state index >= 15 is 0 Å². The summed E-state index contributed by atoms with van der Waals surface area (Å²) in [6, 6.07) is 8.80. The van der Waals surface area contributed by atoms with Crippen LogP contribution in [0.2, 0.25) is 0 Å². The summed E-state index contributed by atoms with van der Waals surface area (Å²) in [5.74, 6) is 0.455. The standard InChI is InChI=1S/C18H21NO6/c1-22-17-10-13(11-19-6-8-23-9-7-19)2-4-15(17)24-12-14-3-5-16(25-14)18(20)21/h2-5,10H,6-9,11-12H2,1H3,(H,20,21). The van der Waals surface area contributed by atoms with Gasteiger partial charge in [0, 0.05) is 19.6 Å². The number of furan rings is 1. The Labute approximate surface area is 145 Å². The van der Waals surface area contributed by atoms with E-state index in [2.05, 4.69) is 4.90 Å². The minimum absolute atomic E-state index is 0.105. The Kier molecular flexibility index (Phi) is 5.57. The first-order valence-electron chi connectivity index (χ1n) is 8.07. The van der Waals surface area contributed by atoms with E-state index in [1.807, 2.05) is 18.2 Å². The molecule has 7 nitrogen and oxygen atoms in total. The van der Waals surface area contributed by atoms with Gasteiger partial charge < -0.3 is 23.7 Å². The number of hydrogen-bond acceptors (Lipinski definition) is 6. The van der Waals surface area contributed by atoms with Gasteiger partial charge in [-0.3, -0.25) is 4.90 Å². The van der Waals surface area contributed by atoms with E-state index in [9.17, 15) is 4.79 Å². The molecule has 2 heterocycles. The molecule has 1 aliphatic rings. The van der Waals surface area contributed by atoms with Crippen LogP contribution < -0.4 is 9.47 Å². The van der Waals surface area contributed by atoms with Crippen LogP contribution in [0.25, 0.3) is 0 Å². The van der Waals surface area contributed by atoms with E-state index in [-0.39, 0.29) is 12.4 Å². The molecular weight excluding hydrogens is 326 g/mol. The highest BCUT2D eigenvalue weighted by Gasteiger charge is 2.14. The summed E-state index contributed by atoms with van der Waals surface area (Å²) in [6.07, 6.45) is 0. The van der Waals surface area contributed by atoms with Crippen molar-refractivity contribution in [2.45, 2.75) is 13.2 Å². The largest absolute Gasteiger partial charge is 0.493 e. The van der Waals surface area contributed by atoms with Crippen molar-refractivity contribution >= 4 is 5.97 Å². The Bertz CT molecular complexity index is 720. The molecule has 0 unspecified atom stereocenters. The van der Waals surface area contributed by atoms with E-state index in [0.29, 0.717) is 17.3 Å². The number of carboxylic acid groups (broad SMARTS) is 1. The lowest BCUT2D eigenvalue weighted by molar-refractivity contribution is 0.0341. The van der Waals surface area contributed by atoms with E-state index in [4.69, 9.17) is 23.7 Å². The average Bonchev–Trinajstić information content (AvgIpc) is 3.11. The van der Waals surface area contributed by atoms with Gasteiger partial charge in [0.15, 0.2) is 11.5 Å². The molecule has 7 heteroatoms. The molecule has 1 N–H and O–H groups in total. The zero-order valence-corrected chi connectivity index (χ0v) is 14.1. The number of rotatable bonds is 7. The van der Waals surface area contributed by atoms with Crippen LogP contribution in [0.1, 0.15) is 21.9 Å². The van der Waals surface area contributed by atoms with Gasteiger partial charge in [-0.1, -0.05) is 6.07 Å². The van der Waals surface area contributed by atoms with Gasteiger partial charge in [-0.25, -0.2) is 4.79 Å². The molecule has 0 atom stereocenters. The third-order valence-corrected chi connectivity index (χ3v) is 3.98. The SMILES string of the molecule is COc1cc(CN2CCOCC2)ccc1OCc1ccc(C(=O)O)o1. The highest BCUT2D eigenvalue weighted by molar-refractivity contribution is 5.84. The fourth-order valence-corrected chi connectivity index (χ4v) is 2.67. The van der Waals surface area contributed by atoms with Crippen LogP contribution in [0.5, 0.6) is 11.5 Å². The van der Waals surface area contributed by atoms with Gasteiger partial charge in [-0.2, -0.15) is 0 Å². The molecule has 0 saturated carbocycles. The van der Waals surface area contributed by atoms with Crippen LogP contribution in [0.3, 0.4) is 0 Å². The second-order valence-electron chi connectivity index (χ2n) is 5.73. The van der Waals surface area contributed by atoms with Crippen molar-refractivity contribution in [3.8, 4) is 11.5 Å². The average molecular weight is 347 g/mol. The fraction of sp³-hybridized carbons (Fsp3) is 0.389. The van der Waals surface area contributed by atoms with Crippen molar-refractivity contribution in [1.29, 1.82) is 0 Å². The van der Waals surface area contributed by atoms with Crippen LogP contribution in [0.4, 0.5) is 0 Å². The van der Waals surface area contributed by atoms with Crippen LogP contribution in [0.15, 0.2) is 34.7 Å². The van der Waals surface area contributed by atoms with Gasteiger partial charge in [0.1, 0.15) is 12.4 Å². The molecule has 1 saturated heterocycles. The molecular formula is C18H21NO6. The minimum Gasteiger partial charge on any atom is -0.493 e. The molecule has 1 aromatic heterocycles. The highest BCUT2D eigenvalue weighted by atomic mass is 16.5. The van der Waals surface area contributed by atoms with Crippen molar-refractivity contribution in [3.63, 3.8) is 0 Å². The predicted octanol–water partition coefficient (Wildman–Crippen LogP) is 2.40. The number of nitrogens with zero attached hydrogens (tertiary/aromatic N) is 1. The minimum atomic E-state index is -1.10. The molecule has 1 fully saturated rings. The van der Waals surface area contributed by atoms with Crippen LogP contribution in [-0.4, -0.2) is 49.4 Å². The van der Waals surface area contributed by atoms with Crippen LogP contribution in [-0.2, 0) is 17.9 Å². The lowest BCUT2D eigenvalue weighted by Crippen LogP contribution is -2.35. The van der Waals surface area contributed by atoms with Crippen molar-refractivity contribution < 1.29 is 28.5 Å². The monoisotopic (exact) mass is 347 g/mol. The Morgan fingerprint density at radius 3 is 2.68 bits per heavy atom. The third kappa shape index (κ3) is 4.52. The van der Waals surface area contributed by atoms with Crippen molar-refractivity contribution in [2.75, 3.05) is 33.4 Å². The second-order valence-corrected chi connectivity index (χ2v) is 5.73. The summed E-state index contributed by atoms with van der Waals surface area (Å²) >= 11 is 0. The smallest absolute Gasteiger partial charge is 0.371 e. The van der Waals surface area contributed by atoms with Gasteiger partial charge in [0.25, 0.3) is 0 Å². The Hall–Kier alpha value is -2.51. The lowest BCUT2D eigenvalue weighted by atomic mass is 10.2. The maximum absolute atomic E-state index is 10.8. The second kappa shape index (κ2) is 8.04. The maximum Gasteiger partial charge on any atom is 0.371 e. The number of carbonyl (C=O) groups is 1. The molecule has 1 aliphatic heterocycles. The molecule has 0 aliphatic carbocycles. The number of aromatic carboxylic acids is 1. The van der Waals surface area contributed by atoms with Gasteiger partial charge >= 0.3 is 5.97 Å². The Morgan fingerprint density at radius 2 is 2.00 bits per heavy atom. The summed E-state index contributed by atoms with van der Waals surface area (Å²) < 4.78 is 21.7. The maximum atomic E-state index is 10.8. The number of ether oxygens (including phenoxy) is 3. The Morgan fingerprint density at radius 1 is 1.20 bits per heavy atom. The molecule has 1 aromatic carbocycles. The first kappa shape index (κ1) is 17.3. The molecule has 0 radical (unpaired) electrons. The van der Waals surface area contributed by atoms with E-state index < -0.39 is 5.97 Å². The Balaban J connectivity index is 1.63. The molecule has 3 rings (SSSR count). The van der Waals surface area contributed by atoms with E-state index in [0.717, 1.165) is 38.4 Å². The normalized spacial score (nSPS) is 15.1. The lowest BCUT2D eigenvalue weighted by Gasteiger charge is -2.26. The summed E-state index contributed by atoms with van der Waals surface area (Å²) in [7, 11) is 1.59. The summed E-state index contributed by atoms with van der Waals surface area (Å²) in [6.45, 7) is 4.34. The predicted molar refractivity (Wildman–Crippen MR) is 89.1 cm³/mol. The van der Waals surface area contributed by atoms with Crippen LogP contribution in [0, 0.1) is 0 Å². The van der Waals surface area contributed by atoms with Gasteiger partial charge in [-0.15, -0.1) is 0 Å². The molecule has 134 valence electrons. The quantitative estimate of drug-likeness (QED) is 0.823. The van der Waals surface area contributed by atoms with Gasteiger partial charge in [0.05, 0.1) is 20.3 Å². The van der Waals surface area contributed by atoms with E-state index in [1.54, 1.807) is 13.2 Å². The number of benzene rings is 1. The molecule has 0 spiro atoms. The molecule has 0 amide bonds. The number of carboxylic acids is 1.